The molecule has 0 saturated heterocycles. The Hall–Kier alpha value is -3.87. The molecule has 3 aromatic heterocycles. The van der Waals surface area contributed by atoms with Gasteiger partial charge in [0.15, 0.2) is 0 Å². The zero-order chi connectivity index (χ0) is 23.9. The molecule has 2 aromatic carbocycles. The number of pyridine rings is 1. The fourth-order valence-electron chi connectivity index (χ4n) is 3.90. The van der Waals surface area contributed by atoms with Gasteiger partial charge in [-0.1, -0.05) is 54.6 Å². The zero-order valence-corrected chi connectivity index (χ0v) is 20.1. The van der Waals surface area contributed by atoms with Crippen LogP contribution >= 0.6 is 11.3 Å². The Balaban J connectivity index is 1.40. The Morgan fingerprint density at radius 1 is 0.771 bits per heavy atom. The molecule has 174 valence electrons. The molecule has 0 saturated carbocycles. The van der Waals surface area contributed by atoms with Crippen molar-refractivity contribution in [3.8, 4) is 39.5 Å². The molecule has 0 unspecified atom stereocenters. The average Bonchev–Trinajstić information content (AvgIpc) is 3.47. The Labute approximate surface area is 209 Å². The summed E-state index contributed by atoms with van der Waals surface area (Å²) in [5, 5.41) is 4.24. The molecular weight excluding hydrogens is 452 g/mol. The molecular formula is C29H26N4OS. The van der Waals surface area contributed by atoms with Crippen LogP contribution in [0.2, 0.25) is 0 Å². The Bertz CT molecular complexity index is 1350. The van der Waals surface area contributed by atoms with Crippen LogP contribution in [-0.4, -0.2) is 21.6 Å². The maximum absolute atomic E-state index is 5.99. The summed E-state index contributed by atoms with van der Waals surface area (Å²) in [6.45, 7) is 1.07. The number of aromatic nitrogens is 3. The molecule has 0 amide bonds. The minimum Gasteiger partial charge on any atom is -0.477 e. The van der Waals surface area contributed by atoms with Gasteiger partial charge in [0.2, 0.25) is 5.88 Å². The monoisotopic (exact) mass is 478 g/mol. The lowest BCUT2D eigenvalue weighted by molar-refractivity contribution is 0.298. The molecule has 5 rings (SSSR count). The first-order valence-electron chi connectivity index (χ1n) is 11.6. The normalized spacial score (nSPS) is 10.9. The highest BCUT2D eigenvalue weighted by molar-refractivity contribution is 7.08. The summed E-state index contributed by atoms with van der Waals surface area (Å²) in [4.78, 5) is 13.8. The van der Waals surface area contributed by atoms with E-state index < -0.39 is 0 Å². The molecule has 2 N–H and O–H groups in total. The number of thiophene rings is 1. The predicted octanol–water partition coefficient (Wildman–Crippen LogP) is 6.40. The van der Waals surface area contributed by atoms with Crippen molar-refractivity contribution in [2.45, 2.75) is 19.4 Å². The van der Waals surface area contributed by atoms with Crippen molar-refractivity contribution < 1.29 is 4.74 Å². The van der Waals surface area contributed by atoms with Crippen LogP contribution < -0.4 is 10.5 Å². The van der Waals surface area contributed by atoms with Gasteiger partial charge < -0.3 is 10.5 Å². The van der Waals surface area contributed by atoms with Crippen molar-refractivity contribution in [3.05, 3.63) is 107 Å². The van der Waals surface area contributed by atoms with Crippen LogP contribution in [0.25, 0.3) is 33.6 Å². The second-order valence-electron chi connectivity index (χ2n) is 8.21. The van der Waals surface area contributed by atoms with Crippen LogP contribution in [-0.2, 0) is 13.0 Å². The number of hydrogen-bond donors (Lipinski definition) is 1. The van der Waals surface area contributed by atoms with Gasteiger partial charge in [-0.25, -0.2) is 9.97 Å². The fourth-order valence-corrected chi connectivity index (χ4v) is 4.57. The van der Waals surface area contributed by atoms with Crippen molar-refractivity contribution in [3.63, 3.8) is 0 Å². The van der Waals surface area contributed by atoms with Crippen molar-refractivity contribution >= 4 is 11.3 Å². The van der Waals surface area contributed by atoms with E-state index in [4.69, 9.17) is 20.4 Å². The average molecular weight is 479 g/mol. The highest BCUT2D eigenvalue weighted by Crippen LogP contribution is 2.32. The van der Waals surface area contributed by atoms with Gasteiger partial charge in [0.1, 0.15) is 5.69 Å². The third kappa shape index (κ3) is 5.62. The van der Waals surface area contributed by atoms with Crippen LogP contribution in [0.4, 0.5) is 0 Å². The van der Waals surface area contributed by atoms with E-state index in [9.17, 15) is 0 Å². The molecule has 0 aliphatic carbocycles. The Morgan fingerprint density at radius 3 is 2.26 bits per heavy atom. The second kappa shape index (κ2) is 11.0. The van der Waals surface area contributed by atoms with E-state index in [-0.39, 0.29) is 0 Å². The van der Waals surface area contributed by atoms with E-state index in [1.54, 1.807) is 23.7 Å². The van der Waals surface area contributed by atoms with Crippen molar-refractivity contribution in [1.82, 2.24) is 15.0 Å². The predicted molar refractivity (Wildman–Crippen MR) is 142 cm³/mol. The van der Waals surface area contributed by atoms with Crippen LogP contribution in [0.15, 0.2) is 96.1 Å². The molecule has 0 bridgehead atoms. The molecule has 0 radical (unpaired) electrons. The maximum Gasteiger partial charge on any atom is 0.232 e. The minimum atomic E-state index is 0.509. The lowest BCUT2D eigenvalue weighted by Gasteiger charge is -2.12. The quantitative estimate of drug-likeness (QED) is 0.248. The zero-order valence-electron chi connectivity index (χ0n) is 19.3. The number of ether oxygens (including phenoxy) is 1. The molecule has 0 atom stereocenters. The second-order valence-corrected chi connectivity index (χ2v) is 8.99. The van der Waals surface area contributed by atoms with Crippen molar-refractivity contribution in [2.24, 2.45) is 5.73 Å². The summed E-state index contributed by atoms with van der Waals surface area (Å²) in [6, 6.07) is 22.8. The molecule has 0 spiro atoms. The van der Waals surface area contributed by atoms with Crippen molar-refractivity contribution in [1.29, 1.82) is 0 Å². The topological polar surface area (TPSA) is 73.9 Å². The Kier molecular flexibility index (Phi) is 7.22. The first-order valence-corrected chi connectivity index (χ1v) is 12.6. The molecule has 6 heteroatoms. The summed E-state index contributed by atoms with van der Waals surface area (Å²) >= 11 is 1.70. The van der Waals surface area contributed by atoms with Gasteiger partial charge in [-0.2, -0.15) is 11.3 Å². The van der Waals surface area contributed by atoms with Gasteiger partial charge in [-0.3, -0.25) is 4.98 Å². The highest BCUT2D eigenvalue weighted by Gasteiger charge is 2.14. The molecule has 3 heterocycles. The maximum atomic E-state index is 5.99. The number of nitrogens with zero attached hydrogens (tertiary/aromatic N) is 3. The van der Waals surface area contributed by atoms with Gasteiger partial charge in [0.05, 0.1) is 18.5 Å². The summed E-state index contributed by atoms with van der Waals surface area (Å²) in [6.07, 6.45) is 7.17. The van der Waals surface area contributed by atoms with Gasteiger partial charge in [-0.05, 0) is 58.0 Å². The lowest BCUT2D eigenvalue weighted by Crippen LogP contribution is -2.03. The van der Waals surface area contributed by atoms with E-state index >= 15 is 0 Å². The first-order chi connectivity index (χ1) is 17.3. The van der Waals surface area contributed by atoms with Crippen LogP contribution in [0.1, 0.15) is 17.5 Å². The van der Waals surface area contributed by atoms with Crippen molar-refractivity contribution in [2.75, 3.05) is 6.61 Å². The van der Waals surface area contributed by atoms with E-state index in [2.05, 4.69) is 52.1 Å². The van der Waals surface area contributed by atoms with Gasteiger partial charge >= 0.3 is 0 Å². The van der Waals surface area contributed by atoms with E-state index in [0.717, 1.165) is 40.9 Å². The minimum absolute atomic E-state index is 0.509. The van der Waals surface area contributed by atoms with E-state index in [1.165, 1.54) is 16.7 Å². The third-order valence-electron chi connectivity index (χ3n) is 5.81. The Morgan fingerprint density at radius 2 is 1.54 bits per heavy atom. The van der Waals surface area contributed by atoms with E-state index in [0.29, 0.717) is 19.0 Å². The number of aryl methyl sites for hydroxylation is 1. The van der Waals surface area contributed by atoms with Crippen LogP contribution in [0.3, 0.4) is 0 Å². The fraction of sp³-hybridized carbons (Fsp3) is 0.138. The summed E-state index contributed by atoms with van der Waals surface area (Å²) < 4.78 is 5.99. The highest BCUT2D eigenvalue weighted by atomic mass is 32.1. The third-order valence-corrected chi connectivity index (χ3v) is 6.49. The number of hydrogen-bond acceptors (Lipinski definition) is 6. The molecule has 5 nitrogen and oxygen atoms in total. The SMILES string of the molecule is NCc1ccc(-c2ncc(OCCCc3cccnc3)nc2-c2ccc(-c3ccsc3)cc2)cc1. The summed E-state index contributed by atoms with van der Waals surface area (Å²) in [7, 11) is 0. The number of rotatable bonds is 9. The van der Waals surface area contributed by atoms with Crippen LogP contribution in [0, 0.1) is 0 Å². The summed E-state index contributed by atoms with van der Waals surface area (Å²) in [5.74, 6) is 0.524. The van der Waals surface area contributed by atoms with Gasteiger partial charge in [-0.15, -0.1) is 0 Å². The standard InChI is InChI=1S/C29H26N4OS/c30-17-21-5-7-24(8-6-21)28-29(25-11-9-23(10-12-25)26-13-16-35-20-26)33-27(19-32-28)34-15-2-4-22-3-1-14-31-18-22/h1,3,5-14,16,18-20H,2,4,15,17,30H2. The number of nitrogens with two attached hydrogens (primary N) is 1. The first kappa shape index (κ1) is 22.9. The molecule has 0 fully saturated rings. The molecule has 0 aliphatic heterocycles. The lowest BCUT2D eigenvalue weighted by atomic mass is 10.0. The molecule has 35 heavy (non-hydrogen) atoms. The molecule has 5 aromatic rings. The van der Waals surface area contributed by atoms with Crippen LogP contribution in [0.5, 0.6) is 5.88 Å². The molecule has 0 aliphatic rings. The summed E-state index contributed by atoms with van der Waals surface area (Å²) in [5.41, 5.74) is 14.1. The van der Waals surface area contributed by atoms with Gasteiger partial charge in [0.25, 0.3) is 0 Å². The van der Waals surface area contributed by atoms with Gasteiger partial charge in [0, 0.05) is 30.1 Å². The largest absolute Gasteiger partial charge is 0.477 e. The number of benzene rings is 2. The smallest absolute Gasteiger partial charge is 0.232 e. The van der Waals surface area contributed by atoms with E-state index in [1.807, 2.05) is 36.5 Å².